The van der Waals surface area contributed by atoms with Crippen LogP contribution in [0.4, 0.5) is 0 Å². The fraction of sp³-hybridized carbons (Fsp3) is 0.333. The molecule has 20 heavy (non-hydrogen) atoms. The quantitative estimate of drug-likeness (QED) is 0.493. The summed E-state index contributed by atoms with van der Waals surface area (Å²) in [4.78, 5) is 7.90. The summed E-state index contributed by atoms with van der Waals surface area (Å²) in [7, 11) is 0. The van der Waals surface area contributed by atoms with Crippen molar-refractivity contribution in [3.8, 4) is 0 Å². The molecule has 0 unspecified atom stereocenters. The summed E-state index contributed by atoms with van der Waals surface area (Å²) in [6.45, 7) is 9.44. The smallest absolute Gasteiger partial charge is 0.224 e. The average molecular weight is 315 g/mol. The van der Waals surface area contributed by atoms with E-state index >= 15 is 0 Å². The lowest BCUT2D eigenvalue weighted by atomic mass is 10.1. The minimum atomic E-state index is -0.223. The van der Waals surface area contributed by atoms with E-state index in [2.05, 4.69) is 16.5 Å². The van der Waals surface area contributed by atoms with E-state index in [9.17, 15) is 5.11 Å². The Bertz CT molecular complexity index is 497. The van der Waals surface area contributed by atoms with Gasteiger partial charge >= 0.3 is 0 Å². The first kappa shape index (κ1) is 18.8. The zero-order valence-corrected chi connectivity index (χ0v) is 13.5. The van der Waals surface area contributed by atoms with Gasteiger partial charge in [0.2, 0.25) is 5.28 Å². The van der Waals surface area contributed by atoms with Crippen molar-refractivity contribution in [2.24, 2.45) is 0 Å². The van der Waals surface area contributed by atoms with Gasteiger partial charge in [-0.05, 0) is 24.1 Å². The average Bonchev–Trinajstić information content (AvgIpc) is 2.45. The number of halogens is 2. The van der Waals surface area contributed by atoms with Gasteiger partial charge in [-0.1, -0.05) is 56.3 Å². The van der Waals surface area contributed by atoms with Crippen LogP contribution in [-0.4, -0.2) is 15.1 Å². The predicted octanol–water partition coefficient (Wildman–Crippen LogP) is 4.53. The van der Waals surface area contributed by atoms with Gasteiger partial charge in [0.05, 0.1) is 12.3 Å². The Hall–Kier alpha value is -1.16. The van der Waals surface area contributed by atoms with E-state index in [1.807, 2.05) is 39.0 Å². The first-order valence-corrected chi connectivity index (χ1v) is 7.13. The summed E-state index contributed by atoms with van der Waals surface area (Å²) in [5.41, 5.74) is 2.06. The fourth-order valence-corrected chi connectivity index (χ4v) is 1.87. The highest BCUT2D eigenvalue weighted by Gasteiger charge is 2.12. The van der Waals surface area contributed by atoms with Crippen LogP contribution in [0.15, 0.2) is 36.5 Å². The molecule has 1 N–H and O–H groups in total. The van der Waals surface area contributed by atoms with Crippen LogP contribution >= 0.6 is 23.2 Å². The molecule has 1 heterocycles. The number of aromatic nitrogens is 2. The summed E-state index contributed by atoms with van der Waals surface area (Å²) >= 11 is 11.7. The number of aliphatic hydroxyl groups excluding tert-OH is 1. The Balaban J connectivity index is 0.00000172. The molecule has 0 amide bonds. The van der Waals surface area contributed by atoms with E-state index < -0.39 is 0 Å². The van der Waals surface area contributed by atoms with Gasteiger partial charge in [0.1, 0.15) is 5.15 Å². The van der Waals surface area contributed by atoms with E-state index in [1.54, 1.807) is 6.08 Å². The van der Waals surface area contributed by atoms with E-state index in [-0.39, 0.29) is 17.0 Å². The molecule has 0 radical (unpaired) electrons. The molecular weight excluding hydrogens is 295 g/mol. The van der Waals surface area contributed by atoms with Gasteiger partial charge in [0, 0.05) is 12.0 Å². The highest BCUT2D eigenvalue weighted by Crippen LogP contribution is 2.21. The largest absolute Gasteiger partial charge is 0.391 e. The molecule has 0 aliphatic rings. The second kappa shape index (κ2) is 10.6. The molecule has 0 atom stereocenters. The number of rotatable bonds is 5. The first-order valence-electron chi connectivity index (χ1n) is 6.38. The van der Waals surface area contributed by atoms with Crippen molar-refractivity contribution in [1.29, 1.82) is 0 Å². The molecule has 5 heteroatoms. The third-order valence-electron chi connectivity index (χ3n) is 2.31. The van der Waals surface area contributed by atoms with Gasteiger partial charge in [0.25, 0.3) is 0 Å². The molecule has 3 nitrogen and oxygen atoms in total. The minimum Gasteiger partial charge on any atom is -0.391 e. The molecule has 0 spiro atoms. The van der Waals surface area contributed by atoms with Crippen LogP contribution in [0.1, 0.15) is 32.0 Å². The van der Waals surface area contributed by atoms with Crippen molar-refractivity contribution in [2.45, 2.75) is 33.8 Å². The monoisotopic (exact) mass is 314 g/mol. The Labute approximate surface area is 130 Å². The van der Waals surface area contributed by atoms with Crippen molar-refractivity contribution >= 4 is 23.2 Å². The molecule has 0 bridgehead atoms. The number of nitrogens with zero attached hydrogens (tertiary/aromatic N) is 2. The third-order valence-corrected chi connectivity index (χ3v) is 2.79. The van der Waals surface area contributed by atoms with Gasteiger partial charge in [0.15, 0.2) is 0 Å². The summed E-state index contributed by atoms with van der Waals surface area (Å²) in [5, 5.41) is 9.54. The van der Waals surface area contributed by atoms with Crippen molar-refractivity contribution in [2.75, 3.05) is 0 Å². The summed E-state index contributed by atoms with van der Waals surface area (Å²) in [6, 6.07) is 0. The number of hydrogen-bond donors (Lipinski definition) is 1. The van der Waals surface area contributed by atoms with Gasteiger partial charge in [-0.15, -0.1) is 0 Å². The molecule has 0 aliphatic carbocycles. The molecule has 0 fully saturated rings. The lowest BCUT2D eigenvalue weighted by Gasteiger charge is -2.08. The van der Waals surface area contributed by atoms with Crippen LogP contribution in [0.25, 0.3) is 0 Å². The maximum Gasteiger partial charge on any atom is 0.224 e. The molecule has 1 aromatic heterocycles. The standard InChI is InChI=1S/C13H14Cl2N2O.C2H6/c1-3-5-6-9(4-2)7-11-10(8-18)12(14)17-13(15)16-11;1-2/h3-6,18H,2,7-8H2,1H3;1-2H3/b5-3-,9-6+;. The molecule has 1 rings (SSSR count). The summed E-state index contributed by atoms with van der Waals surface area (Å²) < 4.78 is 0. The van der Waals surface area contributed by atoms with E-state index in [1.165, 1.54) is 0 Å². The summed E-state index contributed by atoms with van der Waals surface area (Å²) in [5.74, 6) is 0. The zero-order valence-electron chi connectivity index (χ0n) is 12.0. The summed E-state index contributed by atoms with van der Waals surface area (Å²) in [6.07, 6.45) is 7.95. The Kier molecular flexibility index (Phi) is 9.99. The Morgan fingerprint density at radius 3 is 2.45 bits per heavy atom. The lowest BCUT2D eigenvalue weighted by molar-refractivity contribution is 0.279. The van der Waals surface area contributed by atoms with Crippen molar-refractivity contribution < 1.29 is 5.11 Å². The molecule has 0 saturated heterocycles. The molecule has 0 aromatic carbocycles. The van der Waals surface area contributed by atoms with Gasteiger partial charge < -0.3 is 5.11 Å². The van der Waals surface area contributed by atoms with E-state index in [0.29, 0.717) is 17.7 Å². The third kappa shape index (κ3) is 5.87. The second-order valence-corrected chi connectivity index (χ2v) is 4.21. The van der Waals surface area contributed by atoms with Crippen LogP contribution < -0.4 is 0 Å². The molecule has 0 aliphatic heterocycles. The van der Waals surface area contributed by atoms with Crippen molar-refractivity contribution in [1.82, 2.24) is 9.97 Å². The molecule has 0 saturated carbocycles. The molecule has 1 aromatic rings. The normalized spacial score (nSPS) is 11.2. The van der Waals surface area contributed by atoms with Crippen LogP contribution in [0.5, 0.6) is 0 Å². The zero-order chi connectivity index (χ0) is 15.5. The Morgan fingerprint density at radius 1 is 1.30 bits per heavy atom. The van der Waals surface area contributed by atoms with Gasteiger partial charge in [-0.2, -0.15) is 0 Å². The van der Waals surface area contributed by atoms with Crippen molar-refractivity contribution in [3.05, 3.63) is 58.2 Å². The van der Waals surface area contributed by atoms with Crippen LogP contribution in [-0.2, 0) is 13.0 Å². The van der Waals surface area contributed by atoms with Crippen molar-refractivity contribution in [3.63, 3.8) is 0 Å². The maximum atomic E-state index is 9.29. The number of allylic oxidation sites excluding steroid dienone is 5. The number of aliphatic hydroxyl groups is 1. The van der Waals surface area contributed by atoms with Gasteiger partial charge in [-0.3, -0.25) is 0 Å². The predicted molar refractivity (Wildman–Crippen MR) is 86.1 cm³/mol. The molecule has 110 valence electrons. The van der Waals surface area contributed by atoms with Crippen LogP contribution in [0.3, 0.4) is 0 Å². The topological polar surface area (TPSA) is 46.0 Å². The van der Waals surface area contributed by atoms with Crippen LogP contribution in [0, 0.1) is 0 Å². The lowest BCUT2D eigenvalue weighted by Crippen LogP contribution is -2.03. The maximum absolute atomic E-state index is 9.29. The fourth-order valence-electron chi connectivity index (χ4n) is 1.39. The van der Waals surface area contributed by atoms with E-state index in [0.717, 1.165) is 5.57 Å². The van der Waals surface area contributed by atoms with E-state index in [4.69, 9.17) is 23.2 Å². The number of hydrogen-bond acceptors (Lipinski definition) is 3. The second-order valence-electron chi connectivity index (χ2n) is 3.52. The SMILES string of the molecule is C=C/C(=C\C=C/C)Cc1nc(Cl)nc(Cl)c1CO.CC. The van der Waals surface area contributed by atoms with Crippen LogP contribution in [0.2, 0.25) is 10.4 Å². The Morgan fingerprint density at radius 2 is 1.95 bits per heavy atom. The molecular formula is C15H20Cl2N2O. The highest BCUT2D eigenvalue weighted by molar-refractivity contribution is 6.32. The minimum absolute atomic E-state index is 0.0710. The first-order chi connectivity index (χ1) is 9.62. The van der Waals surface area contributed by atoms with Gasteiger partial charge in [-0.25, -0.2) is 9.97 Å². The highest BCUT2D eigenvalue weighted by atomic mass is 35.5.